The van der Waals surface area contributed by atoms with Crippen LogP contribution in [0.15, 0.2) is 22.7 Å². The molecule has 0 unspecified atom stereocenters. The first-order chi connectivity index (χ1) is 8.63. The van der Waals surface area contributed by atoms with Crippen LogP contribution in [0.2, 0.25) is 0 Å². The minimum absolute atomic E-state index is 0.158. The number of alkyl halides is 1. The van der Waals surface area contributed by atoms with Gasteiger partial charge in [-0.3, -0.25) is 4.79 Å². The first kappa shape index (κ1) is 14.0. The lowest BCUT2D eigenvalue weighted by atomic mass is 9.91. The Morgan fingerprint density at radius 3 is 2.67 bits per heavy atom. The monoisotopic (exact) mass is 377 g/mol. The second-order valence-electron chi connectivity index (χ2n) is 4.40. The second-order valence-corrected chi connectivity index (χ2v) is 6.11. The van der Waals surface area contributed by atoms with E-state index in [1.807, 2.05) is 0 Å². The number of hydrogen-bond donors (Lipinski definition) is 0. The van der Waals surface area contributed by atoms with Gasteiger partial charge in [-0.2, -0.15) is 0 Å². The molecule has 98 valence electrons. The summed E-state index contributed by atoms with van der Waals surface area (Å²) < 4.78 is 14.4. The highest BCUT2D eigenvalue weighted by Crippen LogP contribution is 2.27. The third-order valence-electron chi connectivity index (χ3n) is 3.26. The number of halogens is 3. The highest BCUT2D eigenvalue weighted by molar-refractivity contribution is 9.10. The van der Waals surface area contributed by atoms with Crippen LogP contribution in [0.25, 0.3) is 0 Å². The maximum Gasteiger partial charge on any atom is 0.257 e. The molecular formula is C13H14Br2FNO. The molecule has 0 saturated heterocycles. The van der Waals surface area contributed by atoms with Crippen LogP contribution in [0.3, 0.4) is 0 Å². The molecule has 2 rings (SSSR count). The molecule has 0 aromatic heterocycles. The van der Waals surface area contributed by atoms with E-state index in [1.165, 1.54) is 6.07 Å². The van der Waals surface area contributed by atoms with Gasteiger partial charge in [0, 0.05) is 22.4 Å². The Morgan fingerprint density at radius 2 is 2.17 bits per heavy atom. The van der Waals surface area contributed by atoms with Crippen LogP contribution in [0, 0.1) is 5.82 Å². The van der Waals surface area contributed by atoms with Crippen molar-refractivity contribution in [2.75, 3.05) is 11.9 Å². The Bertz CT molecular complexity index is 449. The quantitative estimate of drug-likeness (QED) is 0.725. The largest absolute Gasteiger partial charge is 0.335 e. The second kappa shape index (κ2) is 6.15. The van der Waals surface area contributed by atoms with Crippen LogP contribution in [0.5, 0.6) is 0 Å². The Hall–Kier alpha value is -0.420. The highest BCUT2D eigenvalue weighted by Gasteiger charge is 2.30. The molecule has 0 radical (unpaired) electrons. The molecule has 1 aliphatic carbocycles. The van der Waals surface area contributed by atoms with E-state index in [4.69, 9.17) is 0 Å². The van der Waals surface area contributed by atoms with Crippen LogP contribution in [-0.2, 0) is 0 Å². The third kappa shape index (κ3) is 2.94. The van der Waals surface area contributed by atoms with Crippen molar-refractivity contribution in [3.63, 3.8) is 0 Å². The molecule has 18 heavy (non-hydrogen) atoms. The molecule has 0 spiro atoms. The van der Waals surface area contributed by atoms with E-state index in [2.05, 4.69) is 31.9 Å². The minimum atomic E-state index is -0.465. The number of amides is 1. The number of nitrogens with zero attached hydrogens (tertiary/aromatic N) is 1. The van der Waals surface area contributed by atoms with Gasteiger partial charge in [-0.15, -0.1) is 0 Å². The van der Waals surface area contributed by atoms with E-state index < -0.39 is 5.82 Å². The van der Waals surface area contributed by atoms with Gasteiger partial charge in [0.25, 0.3) is 5.91 Å². The van der Waals surface area contributed by atoms with Crippen molar-refractivity contribution in [2.45, 2.75) is 25.3 Å². The summed E-state index contributed by atoms with van der Waals surface area (Å²) >= 11 is 6.54. The Kier molecular flexibility index (Phi) is 4.78. The lowest BCUT2D eigenvalue weighted by molar-refractivity contribution is 0.0595. The molecule has 1 aromatic rings. The summed E-state index contributed by atoms with van der Waals surface area (Å²) in [5, 5.41) is 0.716. The Balaban J connectivity index is 2.21. The molecule has 1 aromatic carbocycles. The van der Waals surface area contributed by atoms with E-state index in [0.29, 0.717) is 16.3 Å². The van der Waals surface area contributed by atoms with Crippen molar-refractivity contribution in [1.82, 2.24) is 4.90 Å². The van der Waals surface area contributed by atoms with E-state index in [1.54, 1.807) is 17.0 Å². The predicted molar refractivity (Wildman–Crippen MR) is 76.6 cm³/mol. The lowest BCUT2D eigenvalue weighted by Gasteiger charge is -2.37. The first-order valence-electron chi connectivity index (χ1n) is 5.95. The van der Waals surface area contributed by atoms with Gasteiger partial charge >= 0.3 is 0 Å². The number of rotatable bonds is 4. The Morgan fingerprint density at radius 1 is 1.44 bits per heavy atom. The minimum Gasteiger partial charge on any atom is -0.335 e. The fourth-order valence-electron chi connectivity index (χ4n) is 2.06. The zero-order chi connectivity index (χ0) is 13.1. The molecule has 0 atom stereocenters. The Labute approximate surface area is 123 Å². The normalized spacial score (nSPS) is 15.3. The fraction of sp³-hybridized carbons (Fsp3) is 0.462. The average molecular weight is 379 g/mol. The molecule has 0 N–H and O–H groups in total. The molecule has 2 nitrogen and oxygen atoms in total. The zero-order valence-electron chi connectivity index (χ0n) is 9.83. The number of hydrogen-bond acceptors (Lipinski definition) is 1. The summed E-state index contributed by atoms with van der Waals surface area (Å²) in [4.78, 5) is 14.1. The van der Waals surface area contributed by atoms with Gasteiger partial charge in [-0.1, -0.05) is 31.9 Å². The van der Waals surface area contributed by atoms with Crippen molar-refractivity contribution >= 4 is 37.8 Å². The number of carbonyl (C=O) groups excluding carboxylic acids is 1. The first-order valence-corrected chi connectivity index (χ1v) is 7.87. The molecule has 0 heterocycles. The van der Waals surface area contributed by atoms with Crippen LogP contribution >= 0.6 is 31.9 Å². The van der Waals surface area contributed by atoms with Crippen molar-refractivity contribution in [3.05, 3.63) is 34.1 Å². The zero-order valence-corrected chi connectivity index (χ0v) is 13.0. The van der Waals surface area contributed by atoms with Gasteiger partial charge < -0.3 is 4.90 Å². The maximum absolute atomic E-state index is 13.8. The number of benzene rings is 1. The van der Waals surface area contributed by atoms with Crippen molar-refractivity contribution in [1.29, 1.82) is 0 Å². The van der Waals surface area contributed by atoms with Crippen molar-refractivity contribution < 1.29 is 9.18 Å². The summed E-state index contributed by atoms with van der Waals surface area (Å²) in [6.07, 6.45) is 3.20. The van der Waals surface area contributed by atoms with E-state index in [0.717, 1.165) is 19.3 Å². The van der Waals surface area contributed by atoms with Gasteiger partial charge in [-0.05, 0) is 37.5 Å². The van der Waals surface area contributed by atoms with Crippen molar-refractivity contribution in [2.24, 2.45) is 0 Å². The molecule has 1 amide bonds. The summed E-state index contributed by atoms with van der Waals surface area (Å²) in [6.45, 7) is 0.624. The van der Waals surface area contributed by atoms with Crippen LogP contribution in [-0.4, -0.2) is 28.7 Å². The van der Waals surface area contributed by atoms with Gasteiger partial charge in [0.2, 0.25) is 0 Å². The fourth-order valence-corrected chi connectivity index (χ4v) is 2.77. The van der Waals surface area contributed by atoms with Gasteiger partial charge in [0.1, 0.15) is 5.82 Å². The van der Waals surface area contributed by atoms with Gasteiger partial charge in [0.05, 0.1) is 5.56 Å². The van der Waals surface area contributed by atoms with E-state index in [-0.39, 0.29) is 17.5 Å². The summed E-state index contributed by atoms with van der Waals surface area (Å²) in [7, 11) is 0. The highest BCUT2D eigenvalue weighted by atomic mass is 79.9. The molecule has 5 heteroatoms. The third-order valence-corrected chi connectivity index (χ3v) is 4.11. The molecular weight excluding hydrogens is 365 g/mol. The topological polar surface area (TPSA) is 20.3 Å². The lowest BCUT2D eigenvalue weighted by Crippen LogP contribution is -2.45. The molecule has 1 saturated carbocycles. The van der Waals surface area contributed by atoms with Gasteiger partial charge in [0.15, 0.2) is 0 Å². The van der Waals surface area contributed by atoms with Gasteiger partial charge in [-0.25, -0.2) is 4.39 Å². The van der Waals surface area contributed by atoms with Crippen LogP contribution < -0.4 is 0 Å². The van der Waals surface area contributed by atoms with Crippen LogP contribution in [0.4, 0.5) is 4.39 Å². The maximum atomic E-state index is 13.8. The van der Waals surface area contributed by atoms with E-state index >= 15 is 0 Å². The molecule has 0 bridgehead atoms. The summed E-state index contributed by atoms with van der Waals surface area (Å²) in [6, 6.07) is 4.85. The van der Waals surface area contributed by atoms with Crippen molar-refractivity contribution in [3.8, 4) is 0 Å². The molecule has 1 aliphatic rings. The summed E-state index contributed by atoms with van der Waals surface area (Å²) in [5.74, 6) is -0.669. The molecule has 1 fully saturated rings. The smallest absolute Gasteiger partial charge is 0.257 e. The molecule has 0 aliphatic heterocycles. The standard InChI is InChI=1S/C13H14Br2FNO/c14-6-7-17(10-2-1-3-10)13(18)11-5-4-9(15)8-12(11)16/h4-5,8,10H,1-3,6-7H2. The average Bonchev–Trinajstić information content (AvgIpc) is 2.25. The predicted octanol–water partition coefficient (Wildman–Crippen LogP) is 3.98. The van der Waals surface area contributed by atoms with E-state index in [9.17, 15) is 9.18 Å². The van der Waals surface area contributed by atoms with Crippen LogP contribution in [0.1, 0.15) is 29.6 Å². The SMILES string of the molecule is O=C(c1ccc(Br)cc1F)N(CCBr)C1CCC1. The summed E-state index contributed by atoms with van der Waals surface area (Å²) in [5.41, 5.74) is 0.158. The number of carbonyl (C=O) groups is 1.